The lowest BCUT2D eigenvalue weighted by Crippen LogP contribution is -2.29. The lowest BCUT2D eigenvalue weighted by molar-refractivity contribution is 0.366. The van der Waals surface area contributed by atoms with E-state index < -0.39 is 0 Å². The van der Waals surface area contributed by atoms with Crippen molar-refractivity contribution in [2.24, 2.45) is 0 Å². The predicted octanol–water partition coefficient (Wildman–Crippen LogP) is 14.4. The summed E-state index contributed by atoms with van der Waals surface area (Å²) >= 11 is 1.88. The zero-order valence-electron chi connectivity index (χ0n) is 28.4. The maximum absolute atomic E-state index is 2.44. The zero-order chi connectivity index (χ0) is 33.3. The fourth-order valence-electron chi connectivity index (χ4n) is 8.41. The molecule has 0 radical (unpaired) electrons. The van der Waals surface area contributed by atoms with Crippen LogP contribution in [0.15, 0.2) is 164 Å². The van der Waals surface area contributed by atoms with Crippen LogP contribution in [0.3, 0.4) is 0 Å². The van der Waals surface area contributed by atoms with E-state index in [4.69, 9.17) is 0 Å². The van der Waals surface area contributed by atoms with Crippen molar-refractivity contribution in [1.29, 1.82) is 0 Å². The zero-order valence-corrected chi connectivity index (χ0v) is 29.2. The van der Waals surface area contributed by atoms with E-state index in [1.165, 1.54) is 110 Å². The van der Waals surface area contributed by atoms with Crippen LogP contribution in [0.5, 0.6) is 0 Å². The minimum Gasteiger partial charge on any atom is -0.310 e. The Morgan fingerprint density at radius 3 is 1.76 bits per heavy atom. The Hall–Kier alpha value is -5.18. The lowest BCUT2D eigenvalue weighted by atomic mass is 9.67. The first-order valence-corrected chi connectivity index (χ1v) is 19.0. The Bertz CT molecular complexity index is 2390. The molecule has 7 aromatic carbocycles. The van der Waals surface area contributed by atoms with Crippen LogP contribution < -0.4 is 4.90 Å². The lowest BCUT2D eigenvalue weighted by Gasteiger charge is -2.37. The van der Waals surface area contributed by atoms with E-state index in [0.717, 1.165) is 5.69 Å². The third-order valence-corrected chi connectivity index (χ3v) is 12.2. The first-order chi connectivity index (χ1) is 24.7. The van der Waals surface area contributed by atoms with E-state index in [1.54, 1.807) is 0 Å². The molecule has 0 atom stereocenters. The topological polar surface area (TPSA) is 3.24 Å². The summed E-state index contributed by atoms with van der Waals surface area (Å²) in [6.07, 6.45) is 9.00. The SMILES string of the molecule is c1ccc(C2(c3ccc(N(c4ccc(-c5ccc6ccccc6c5)cc4)c4ccc5c(c4)sc4ccccc45)cc3)CCCCCCC2)cc1. The van der Waals surface area contributed by atoms with Gasteiger partial charge in [0.05, 0.1) is 0 Å². The molecule has 0 saturated heterocycles. The number of anilines is 3. The summed E-state index contributed by atoms with van der Waals surface area (Å²) in [5, 5.41) is 5.20. The average Bonchev–Trinajstić information content (AvgIpc) is 3.54. The molecule has 9 rings (SSSR count). The Morgan fingerprint density at radius 2 is 0.980 bits per heavy atom. The summed E-state index contributed by atoms with van der Waals surface area (Å²) in [6.45, 7) is 0. The highest BCUT2D eigenvalue weighted by molar-refractivity contribution is 7.25. The van der Waals surface area contributed by atoms with Gasteiger partial charge in [0.2, 0.25) is 0 Å². The predicted molar refractivity (Wildman–Crippen MR) is 216 cm³/mol. The molecule has 0 bridgehead atoms. The van der Waals surface area contributed by atoms with Gasteiger partial charge in [-0.25, -0.2) is 0 Å². The highest BCUT2D eigenvalue weighted by Crippen LogP contribution is 2.45. The standard InChI is InChI=1S/C48H41NS/c1-2-11-31-48(32-12-3-1,39-15-5-4-6-16-39)40-23-27-42(28-24-40)49(43-29-30-45-44-17-9-10-18-46(44)50-47(45)34-43)41-25-21-36(22-26-41)38-20-19-35-13-7-8-14-37(35)33-38/h4-10,13-30,33-34H,1-3,11-12,31-32H2. The molecule has 50 heavy (non-hydrogen) atoms. The van der Waals surface area contributed by atoms with Crippen LogP contribution in [0, 0.1) is 0 Å². The summed E-state index contributed by atoms with van der Waals surface area (Å²) in [6, 6.07) is 61.1. The van der Waals surface area contributed by atoms with Crippen molar-refractivity contribution in [2.45, 2.75) is 50.4 Å². The number of fused-ring (bicyclic) bond motifs is 4. The normalized spacial score (nSPS) is 14.8. The molecule has 2 heteroatoms. The van der Waals surface area contributed by atoms with Gasteiger partial charge in [-0.3, -0.25) is 0 Å². The van der Waals surface area contributed by atoms with Gasteiger partial charge < -0.3 is 4.90 Å². The third kappa shape index (κ3) is 5.68. The highest BCUT2D eigenvalue weighted by Gasteiger charge is 2.34. The molecule has 1 nitrogen and oxygen atoms in total. The molecule has 1 saturated carbocycles. The number of hydrogen-bond acceptors (Lipinski definition) is 2. The molecule has 8 aromatic rings. The van der Waals surface area contributed by atoms with Crippen molar-refractivity contribution in [2.75, 3.05) is 4.90 Å². The van der Waals surface area contributed by atoms with E-state index in [9.17, 15) is 0 Å². The van der Waals surface area contributed by atoms with Gasteiger partial charge in [0.1, 0.15) is 0 Å². The van der Waals surface area contributed by atoms with Crippen LogP contribution in [0.2, 0.25) is 0 Å². The largest absolute Gasteiger partial charge is 0.310 e. The van der Waals surface area contributed by atoms with E-state index in [0.29, 0.717) is 0 Å². The maximum atomic E-state index is 2.44. The van der Waals surface area contributed by atoms with Crippen LogP contribution >= 0.6 is 11.3 Å². The van der Waals surface area contributed by atoms with Crippen molar-refractivity contribution in [3.63, 3.8) is 0 Å². The fourth-order valence-corrected chi connectivity index (χ4v) is 9.55. The molecule has 1 aliphatic carbocycles. The third-order valence-electron chi connectivity index (χ3n) is 11.0. The van der Waals surface area contributed by atoms with Gasteiger partial charge in [-0.05, 0) is 94.4 Å². The number of hydrogen-bond donors (Lipinski definition) is 0. The molecule has 0 N–H and O–H groups in total. The van der Waals surface area contributed by atoms with Crippen molar-refractivity contribution < 1.29 is 0 Å². The van der Waals surface area contributed by atoms with Gasteiger partial charge in [-0.1, -0.05) is 147 Å². The Morgan fingerprint density at radius 1 is 0.400 bits per heavy atom. The van der Waals surface area contributed by atoms with Crippen molar-refractivity contribution in [3.05, 3.63) is 175 Å². The molecule has 0 unspecified atom stereocenters. The van der Waals surface area contributed by atoms with E-state index >= 15 is 0 Å². The van der Waals surface area contributed by atoms with Gasteiger partial charge in [-0.2, -0.15) is 0 Å². The van der Waals surface area contributed by atoms with Crippen molar-refractivity contribution in [3.8, 4) is 11.1 Å². The summed E-state index contributed by atoms with van der Waals surface area (Å²) in [4.78, 5) is 2.44. The average molecular weight is 664 g/mol. The highest BCUT2D eigenvalue weighted by atomic mass is 32.1. The number of thiophene rings is 1. The molecule has 1 heterocycles. The van der Waals surface area contributed by atoms with Gasteiger partial charge in [0.15, 0.2) is 0 Å². The van der Waals surface area contributed by atoms with Gasteiger partial charge >= 0.3 is 0 Å². The molecule has 0 spiro atoms. The maximum Gasteiger partial charge on any atom is 0.0476 e. The van der Waals surface area contributed by atoms with E-state index in [1.807, 2.05) is 11.3 Å². The fraction of sp³-hybridized carbons (Fsp3) is 0.167. The Balaban J connectivity index is 1.14. The summed E-state index contributed by atoms with van der Waals surface area (Å²) in [7, 11) is 0. The van der Waals surface area contributed by atoms with Crippen LogP contribution in [0.1, 0.15) is 56.1 Å². The smallest absolute Gasteiger partial charge is 0.0476 e. The second-order valence-corrected chi connectivity index (χ2v) is 15.1. The summed E-state index contributed by atoms with van der Waals surface area (Å²) in [5.41, 5.74) is 8.95. The number of benzene rings is 7. The molecule has 244 valence electrons. The van der Waals surface area contributed by atoms with Crippen LogP contribution in [-0.4, -0.2) is 0 Å². The Kier molecular flexibility index (Phi) is 8.19. The molecular weight excluding hydrogens is 623 g/mol. The van der Waals surface area contributed by atoms with Crippen molar-refractivity contribution >= 4 is 59.3 Å². The first-order valence-electron chi connectivity index (χ1n) is 18.2. The monoisotopic (exact) mass is 663 g/mol. The molecule has 0 amide bonds. The second-order valence-electron chi connectivity index (χ2n) is 14.0. The summed E-state index contributed by atoms with van der Waals surface area (Å²) in [5.74, 6) is 0. The van der Waals surface area contributed by atoms with Crippen LogP contribution in [0.25, 0.3) is 42.1 Å². The molecule has 1 aromatic heterocycles. The minimum absolute atomic E-state index is 0.0581. The first kappa shape index (κ1) is 30.8. The van der Waals surface area contributed by atoms with E-state index in [-0.39, 0.29) is 5.41 Å². The second kappa shape index (κ2) is 13.3. The quantitative estimate of drug-likeness (QED) is 0.171. The molecular formula is C48H41NS. The van der Waals surface area contributed by atoms with Gasteiger partial charge in [-0.15, -0.1) is 11.3 Å². The molecule has 1 aliphatic rings. The van der Waals surface area contributed by atoms with Gasteiger partial charge in [0.25, 0.3) is 0 Å². The van der Waals surface area contributed by atoms with Gasteiger partial charge in [0, 0.05) is 42.6 Å². The van der Waals surface area contributed by atoms with Crippen molar-refractivity contribution in [1.82, 2.24) is 0 Å². The van der Waals surface area contributed by atoms with E-state index in [2.05, 4.69) is 169 Å². The van der Waals surface area contributed by atoms with Crippen LogP contribution in [0.4, 0.5) is 17.1 Å². The number of rotatable bonds is 6. The number of nitrogens with zero attached hydrogens (tertiary/aromatic N) is 1. The summed E-state index contributed by atoms with van der Waals surface area (Å²) < 4.78 is 2.65. The minimum atomic E-state index is 0.0581. The Labute approximate surface area is 299 Å². The molecule has 0 aliphatic heterocycles. The van der Waals surface area contributed by atoms with Crippen LogP contribution in [-0.2, 0) is 5.41 Å². The molecule has 1 fully saturated rings.